The minimum Gasteiger partial charge on any atom is -0.493 e. The van der Waals surface area contributed by atoms with Gasteiger partial charge < -0.3 is 20.7 Å². The Hall–Kier alpha value is -1.55. The molecule has 1 amide bonds. The number of para-hydroxylation sites is 1. The average Bonchev–Trinajstić information content (AvgIpc) is 3.61. The maximum Gasteiger partial charge on any atom is 0.234 e. The second-order valence-corrected chi connectivity index (χ2v) is 8.60. The lowest BCUT2D eigenvalue weighted by atomic mass is 10.1. The van der Waals surface area contributed by atoms with E-state index in [-0.39, 0.29) is 29.9 Å². The number of nitrogens with one attached hydrogen (secondary N) is 3. The quantitative estimate of drug-likeness (QED) is 0.222. The Balaban J connectivity index is 0.00000363. The zero-order chi connectivity index (χ0) is 21.9. The second kappa shape index (κ2) is 14.6. The van der Waals surface area contributed by atoms with E-state index in [4.69, 9.17) is 9.73 Å². The Kier molecular flexibility index (Phi) is 12.2. The van der Waals surface area contributed by atoms with Gasteiger partial charge in [-0.2, -0.15) is 0 Å². The molecule has 1 saturated heterocycles. The molecule has 1 aliphatic heterocycles. The molecule has 1 aliphatic carbocycles. The number of benzene rings is 1. The monoisotopic (exact) mass is 557 g/mol. The highest BCUT2D eigenvalue weighted by Crippen LogP contribution is 2.30. The van der Waals surface area contributed by atoms with Crippen molar-refractivity contribution in [3.8, 4) is 5.75 Å². The molecule has 3 rings (SSSR count). The molecule has 7 nitrogen and oxygen atoms in total. The summed E-state index contributed by atoms with van der Waals surface area (Å²) >= 11 is 0. The number of aliphatic imine (C=N–C) groups is 1. The summed E-state index contributed by atoms with van der Waals surface area (Å²) in [7, 11) is 0. The van der Waals surface area contributed by atoms with Gasteiger partial charge in [-0.05, 0) is 51.0 Å². The molecular weight excluding hydrogens is 517 g/mol. The predicted octanol–water partition coefficient (Wildman–Crippen LogP) is 3.14. The third kappa shape index (κ3) is 9.52. The van der Waals surface area contributed by atoms with Crippen LogP contribution >= 0.6 is 24.0 Å². The first kappa shape index (κ1) is 26.7. The molecule has 1 heterocycles. The topological polar surface area (TPSA) is 78.0 Å². The standard InChI is InChI=1S/C24H39N5O2.HI/c1-3-13-26-23(30)17-29-14-11-21(12-15-29)28-24(25-4-2)27-16-20-7-5-6-8-22(20)31-18-19-9-10-19;/h5-8,19,21H,3-4,9-18H2,1-2H3,(H,26,30)(H2,25,27,28);1H. The van der Waals surface area contributed by atoms with Crippen LogP contribution in [0.1, 0.15) is 51.5 Å². The van der Waals surface area contributed by atoms with E-state index >= 15 is 0 Å². The number of piperidine rings is 1. The van der Waals surface area contributed by atoms with Crippen molar-refractivity contribution in [1.82, 2.24) is 20.9 Å². The van der Waals surface area contributed by atoms with Gasteiger partial charge in [0.05, 0.1) is 19.7 Å². The Morgan fingerprint density at radius 1 is 1.12 bits per heavy atom. The summed E-state index contributed by atoms with van der Waals surface area (Å²) in [6, 6.07) is 8.57. The zero-order valence-corrected chi connectivity index (χ0v) is 21.9. The number of carbonyl (C=O) groups excluding carboxylic acids is 1. The first-order valence-corrected chi connectivity index (χ1v) is 11.9. The second-order valence-electron chi connectivity index (χ2n) is 8.60. The molecule has 0 radical (unpaired) electrons. The zero-order valence-electron chi connectivity index (χ0n) is 19.6. The molecule has 0 atom stereocenters. The molecule has 32 heavy (non-hydrogen) atoms. The van der Waals surface area contributed by atoms with Crippen LogP contribution in [0.4, 0.5) is 0 Å². The van der Waals surface area contributed by atoms with Crippen LogP contribution in [0.15, 0.2) is 29.3 Å². The fourth-order valence-corrected chi connectivity index (χ4v) is 3.70. The van der Waals surface area contributed by atoms with E-state index in [2.05, 4.69) is 40.8 Å². The third-order valence-corrected chi connectivity index (χ3v) is 5.76. The van der Waals surface area contributed by atoms with Gasteiger partial charge in [0.2, 0.25) is 5.91 Å². The minimum absolute atomic E-state index is 0. The van der Waals surface area contributed by atoms with Crippen molar-refractivity contribution >= 4 is 35.8 Å². The van der Waals surface area contributed by atoms with Crippen LogP contribution in [0.3, 0.4) is 0 Å². The van der Waals surface area contributed by atoms with Crippen LogP contribution in [-0.4, -0.2) is 62.1 Å². The molecule has 0 unspecified atom stereocenters. The summed E-state index contributed by atoms with van der Waals surface area (Å²) in [6.07, 6.45) is 5.56. The third-order valence-electron chi connectivity index (χ3n) is 5.76. The molecule has 1 aromatic carbocycles. The average molecular weight is 558 g/mol. The fourth-order valence-electron chi connectivity index (χ4n) is 3.70. The number of nitrogens with zero attached hydrogens (tertiary/aromatic N) is 2. The van der Waals surface area contributed by atoms with Gasteiger partial charge in [0.1, 0.15) is 5.75 Å². The van der Waals surface area contributed by atoms with Crippen molar-refractivity contribution in [1.29, 1.82) is 0 Å². The van der Waals surface area contributed by atoms with Crippen LogP contribution in [0.25, 0.3) is 0 Å². The molecular formula is C24H40IN5O2. The molecule has 0 aromatic heterocycles. The molecule has 0 bridgehead atoms. The Morgan fingerprint density at radius 3 is 2.56 bits per heavy atom. The molecule has 8 heteroatoms. The number of likely N-dealkylation sites (tertiary alicyclic amines) is 1. The number of rotatable bonds is 11. The van der Waals surface area contributed by atoms with Gasteiger partial charge in [0.25, 0.3) is 0 Å². The van der Waals surface area contributed by atoms with Gasteiger partial charge in [-0.3, -0.25) is 9.69 Å². The summed E-state index contributed by atoms with van der Waals surface area (Å²) in [5.41, 5.74) is 1.12. The van der Waals surface area contributed by atoms with Crippen molar-refractivity contribution in [3.63, 3.8) is 0 Å². The molecule has 2 fully saturated rings. The van der Waals surface area contributed by atoms with Crippen LogP contribution in [0.2, 0.25) is 0 Å². The Labute approximate surface area is 210 Å². The number of amides is 1. The lowest BCUT2D eigenvalue weighted by Gasteiger charge is -2.32. The molecule has 2 aliphatic rings. The fraction of sp³-hybridized carbons (Fsp3) is 0.667. The van der Waals surface area contributed by atoms with E-state index in [0.717, 1.165) is 75.2 Å². The summed E-state index contributed by atoms with van der Waals surface area (Å²) in [5, 5.41) is 9.91. The largest absolute Gasteiger partial charge is 0.493 e. The van der Waals surface area contributed by atoms with Gasteiger partial charge in [-0.25, -0.2) is 4.99 Å². The smallest absolute Gasteiger partial charge is 0.234 e. The van der Waals surface area contributed by atoms with E-state index < -0.39 is 0 Å². The van der Waals surface area contributed by atoms with E-state index in [9.17, 15) is 4.79 Å². The Morgan fingerprint density at radius 2 is 1.88 bits per heavy atom. The number of hydrogen-bond acceptors (Lipinski definition) is 4. The van der Waals surface area contributed by atoms with Gasteiger partial charge in [-0.1, -0.05) is 25.1 Å². The van der Waals surface area contributed by atoms with E-state index in [1.165, 1.54) is 12.8 Å². The first-order chi connectivity index (χ1) is 15.2. The van der Waals surface area contributed by atoms with E-state index in [1.54, 1.807) is 0 Å². The van der Waals surface area contributed by atoms with Crippen molar-refractivity contribution in [2.45, 2.75) is 58.5 Å². The molecule has 1 aromatic rings. The lowest BCUT2D eigenvalue weighted by molar-refractivity contribution is -0.122. The van der Waals surface area contributed by atoms with Gasteiger partial charge >= 0.3 is 0 Å². The molecule has 1 saturated carbocycles. The molecule has 180 valence electrons. The normalized spacial score (nSPS) is 17.4. The van der Waals surface area contributed by atoms with Crippen LogP contribution in [0.5, 0.6) is 5.75 Å². The van der Waals surface area contributed by atoms with Crippen molar-refractivity contribution < 1.29 is 9.53 Å². The number of halogens is 1. The van der Waals surface area contributed by atoms with E-state index in [1.807, 2.05) is 18.2 Å². The van der Waals surface area contributed by atoms with Gasteiger partial charge in [-0.15, -0.1) is 24.0 Å². The Bertz CT molecular complexity index is 718. The maximum atomic E-state index is 11.9. The summed E-state index contributed by atoms with van der Waals surface area (Å²) in [4.78, 5) is 19.0. The van der Waals surface area contributed by atoms with Crippen molar-refractivity contribution in [2.24, 2.45) is 10.9 Å². The number of ether oxygens (including phenoxy) is 1. The predicted molar refractivity (Wildman–Crippen MR) is 141 cm³/mol. The maximum absolute atomic E-state index is 11.9. The highest BCUT2D eigenvalue weighted by Gasteiger charge is 2.23. The molecule has 0 spiro atoms. The summed E-state index contributed by atoms with van der Waals surface area (Å²) in [6.45, 7) is 9.49. The van der Waals surface area contributed by atoms with Gasteiger partial charge in [0, 0.05) is 37.8 Å². The highest BCUT2D eigenvalue weighted by molar-refractivity contribution is 14.0. The van der Waals surface area contributed by atoms with Crippen LogP contribution in [0, 0.1) is 5.92 Å². The highest BCUT2D eigenvalue weighted by atomic mass is 127. The van der Waals surface area contributed by atoms with Crippen LogP contribution < -0.4 is 20.7 Å². The van der Waals surface area contributed by atoms with Gasteiger partial charge in [0.15, 0.2) is 5.96 Å². The lowest BCUT2D eigenvalue weighted by Crippen LogP contribution is -2.50. The van der Waals surface area contributed by atoms with Crippen molar-refractivity contribution in [3.05, 3.63) is 29.8 Å². The van der Waals surface area contributed by atoms with E-state index in [0.29, 0.717) is 19.1 Å². The van der Waals surface area contributed by atoms with Crippen LogP contribution in [-0.2, 0) is 11.3 Å². The summed E-state index contributed by atoms with van der Waals surface area (Å²) in [5.74, 6) is 2.66. The SMILES string of the molecule is CCCNC(=O)CN1CCC(NC(=NCc2ccccc2OCC2CC2)NCC)CC1.I. The first-order valence-electron chi connectivity index (χ1n) is 11.9. The number of carbonyl (C=O) groups is 1. The summed E-state index contributed by atoms with van der Waals surface area (Å²) < 4.78 is 6.02. The number of guanidine groups is 1. The number of hydrogen-bond donors (Lipinski definition) is 3. The minimum atomic E-state index is 0. The van der Waals surface area contributed by atoms with Crippen molar-refractivity contribution in [2.75, 3.05) is 39.3 Å². The molecule has 3 N–H and O–H groups in total.